The Kier molecular flexibility index (Phi) is 17.0. The molecule has 0 aromatic rings. The van der Waals surface area contributed by atoms with E-state index >= 15 is 0 Å². The Hall–Kier alpha value is -0.830. The lowest BCUT2D eigenvalue weighted by atomic mass is 10.1. The van der Waals surface area contributed by atoms with Gasteiger partial charge >= 0.3 is 0 Å². The number of carboxylic acids is 1. The van der Waals surface area contributed by atoms with E-state index < -0.39 is 5.97 Å². The minimum absolute atomic E-state index is 0.0648. The van der Waals surface area contributed by atoms with Crippen molar-refractivity contribution in [2.45, 2.75) is 86.0 Å². The number of carbonyl (C=O) groups excluding carboxylic acids is 1. The van der Waals surface area contributed by atoms with E-state index in [1.807, 2.05) is 0 Å². The predicted molar refractivity (Wildman–Crippen MR) is 99.2 cm³/mol. The molecule has 0 fully saturated rings. The van der Waals surface area contributed by atoms with Crippen molar-refractivity contribution in [3.8, 4) is 0 Å². The molecule has 0 atom stereocenters. The highest BCUT2D eigenvalue weighted by atomic mass is 16.4. The molecular formula is C20H41NO2. The van der Waals surface area contributed by atoms with Gasteiger partial charge in [0.2, 0.25) is 0 Å². The number of carbonyl (C=O) groups is 1. The third kappa shape index (κ3) is 14.5. The van der Waals surface area contributed by atoms with E-state index in [0.717, 1.165) is 0 Å². The van der Waals surface area contributed by atoms with E-state index in [9.17, 15) is 9.90 Å². The molecule has 0 spiro atoms. The quantitative estimate of drug-likeness (QED) is 0.373. The van der Waals surface area contributed by atoms with Crippen molar-refractivity contribution in [1.29, 1.82) is 0 Å². The van der Waals surface area contributed by atoms with Crippen molar-refractivity contribution in [2.24, 2.45) is 0 Å². The molecule has 0 aliphatic heterocycles. The van der Waals surface area contributed by atoms with Crippen LogP contribution in [0.15, 0.2) is 12.2 Å². The maximum absolute atomic E-state index is 9.49. The summed E-state index contributed by atoms with van der Waals surface area (Å²) in [5, 5.41) is 9.49. The minimum Gasteiger partial charge on any atom is -0.545 e. The lowest BCUT2D eigenvalue weighted by Gasteiger charge is -2.39. The van der Waals surface area contributed by atoms with Gasteiger partial charge in [-0.05, 0) is 38.2 Å². The van der Waals surface area contributed by atoms with Crippen molar-refractivity contribution >= 4 is 5.97 Å². The highest BCUT2D eigenvalue weighted by Crippen LogP contribution is 2.16. The third-order valence-corrected chi connectivity index (χ3v) is 4.29. The molecule has 0 unspecified atom stereocenters. The molecule has 138 valence electrons. The second kappa shape index (κ2) is 16.0. The first-order chi connectivity index (χ1) is 10.9. The van der Waals surface area contributed by atoms with Crippen LogP contribution in [-0.4, -0.2) is 36.6 Å². The molecule has 0 saturated heterocycles. The maximum atomic E-state index is 9.49. The van der Waals surface area contributed by atoms with Crippen molar-refractivity contribution < 1.29 is 14.4 Å². The Morgan fingerprint density at radius 3 is 1.13 bits per heavy atom. The van der Waals surface area contributed by atoms with Crippen molar-refractivity contribution in [1.82, 2.24) is 0 Å². The van der Waals surface area contributed by atoms with Crippen molar-refractivity contribution in [2.75, 3.05) is 26.2 Å². The monoisotopic (exact) mass is 327 g/mol. The molecule has 0 bridgehead atoms. The molecular weight excluding hydrogens is 286 g/mol. The van der Waals surface area contributed by atoms with Crippen LogP contribution < -0.4 is 5.11 Å². The Morgan fingerprint density at radius 2 is 1.00 bits per heavy atom. The van der Waals surface area contributed by atoms with E-state index in [4.69, 9.17) is 0 Å². The van der Waals surface area contributed by atoms with E-state index in [-0.39, 0.29) is 5.57 Å². The van der Waals surface area contributed by atoms with E-state index in [1.54, 1.807) is 0 Å². The molecule has 0 aliphatic rings. The maximum Gasteiger partial charge on any atom is 0.0786 e. The third-order valence-electron chi connectivity index (χ3n) is 4.29. The highest BCUT2D eigenvalue weighted by Gasteiger charge is 2.24. The molecule has 0 N–H and O–H groups in total. The number of quaternary nitrogens is 1. The average Bonchev–Trinajstić information content (AvgIpc) is 2.54. The molecule has 0 rings (SSSR count). The van der Waals surface area contributed by atoms with Crippen LogP contribution in [0, 0.1) is 0 Å². The van der Waals surface area contributed by atoms with Crippen LogP contribution in [0.1, 0.15) is 86.0 Å². The topological polar surface area (TPSA) is 40.1 Å². The van der Waals surface area contributed by atoms with Crippen LogP contribution in [0.2, 0.25) is 0 Å². The van der Waals surface area contributed by atoms with E-state index in [0.29, 0.717) is 0 Å². The van der Waals surface area contributed by atoms with Gasteiger partial charge in [0.1, 0.15) is 0 Å². The molecule has 0 aromatic heterocycles. The van der Waals surface area contributed by atoms with E-state index in [1.165, 1.54) is 89.0 Å². The van der Waals surface area contributed by atoms with Gasteiger partial charge in [0.15, 0.2) is 0 Å². The van der Waals surface area contributed by atoms with Gasteiger partial charge in [0, 0.05) is 0 Å². The van der Waals surface area contributed by atoms with Gasteiger partial charge in [-0.2, -0.15) is 0 Å². The number of nitrogens with zero attached hydrogens (tertiary/aromatic N) is 1. The summed E-state index contributed by atoms with van der Waals surface area (Å²) >= 11 is 0. The Labute approximate surface area is 145 Å². The summed E-state index contributed by atoms with van der Waals surface area (Å²) < 4.78 is 1.42. The van der Waals surface area contributed by atoms with Crippen molar-refractivity contribution in [3.05, 3.63) is 12.2 Å². The number of aliphatic carboxylic acids is 1. The second-order valence-electron chi connectivity index (χ2n) is 6.72. The Bertz CT molecular complexity index is 251. The molecule has 0 radical (unpaired) electrons. The smallest absolute Gasteiger partial charge is 0.0786 e. The van der Waals surface area contributed by atoms with Gasteiger partial charge in [-0.3, -0.25) is 0 Å². The zero-order valence-corrected chi connectivity index (χ0v) is 16.5. The van der Waals surface area contributed by atoms with Crippen LogP contribution in [0.3, 0.4) is 0 Å². The van der Waals surface area contributed by atoms with Crippen LogP contribution in [0.4, 0.5) is 0 Å². The summed E-state index contributed by atoms with van der Waals surface area (Å²) in [5.74, 6) is -1.19. The normalized spacial score (nSPS) is 10.8. The van der Waals surface area contributed by atoms with Gasteiger partial charge in [-0.1, -0.05) is 60.0 Å². The SMILES string of the molecule is C=C(C)C(=O)[O-].CCCC[N+](CCCC)(CCCC)CCCC. The summed E-state index contributed by atoms with van der Waals surface area (Å²) in [6.45, 7) is 19.5. The summed E-state index contributed by atoms with van der Waals surface area (Å²) in [7, 11) is 0. The number of hydrogen-bond donors (Lipinski definition) is 0. The molecule has 0 heterocycles. The Morgan fingerprint density at radius 1 is 0.783 bits per heavy atom. The van der Waals surface area contributed by atoms with Gasteiger partial charge in [-0.25, -0.2) is 0 Å². The minimum atomic E-state index is -1.19. The fourth-order valence-corrected chi connectivity index (χ4v) is 2.64. The molecule has 23 heavy (non-hydrogen) atoms. The summed E-state index contributed by atoms with van der Waals surface area (Å²) in [6, 6.07) is 0. The predicted octanol–water partition coefficient (Wildman–Crippen LogP) is 4.32. The molecule has 0 amide bonds. The standard InChI is InChI=1S/C16H36N.C4H6O2/c1-5-9-13-17(14-10-6-2,15-11-7-3)16-12-8-4;1-3(2)4(5)6/h5-16H2,1-4H3;1H2,2H3,(H,5,6)/q+1;/p-1. The zero-order valence-electron chi connectivity index (χ0n) is 16.5. The zero-order chi connectivity index (χ0) is 18.1. The van der Waals surface area contributed by atoms with Gasteiger partial charge in [-0.15, -0.1) is 0 Å². The average molecular weight is 328 g/mol. The van der Waals surface area contributed by atoms with Crippen LogP contribution in [0.25, 0.3) is 0 Å². The summed E-state index contributed by atoms with van der Waals surface area (Å²) in [6.07, 6.45) is 11.1. The fraction of sp³-hybridized carbons (Fsp3) is 0.850. The van der Waals surface area contributed by atoms with Gasteiger partial charge in [0.25, 0.3) is 0 Å². The lowest BCUT2D eigenvalue weighted by molar-refractivity contribution is -0.929. The number of unbranched alkanes of at least 4 members (excludes halogenated alkanes) is 4. The van der Waals surface area contributed by atoms with Crippen LogP contribution in [0.5, 0.6) is 0 Å². The summed E-state index contributed by atoms with van der Waals surface area (Å²) in [5.41, 5.74) is 0.0648. The fourth-order valence-electron chi connectivity index (χ4n) is 2.64. The molecule has 0 saturated carbocycles. The van der Waals surface area contributed by atoms with Crippen LogP contribution in [-0.2, 0) is 4.79 Å². The first kappa shape index (κ1) is 24.4. The highest BCUT2D eigenvalue weighted by molar-refractivity contribution is 5.82. The molecule has 3 heteroatoms. The number of rotatable bonds is 13. The second-order valence-corrected chi connectivity index (χ2v) is 6.72. The first-order valence-corrected chi connectivity index (χ1v) is 9.61. The lowest BCUT2D eigenvalue weighted by Crippen LogP contribution is -2.50. The largest absolute Gasteiger partial charge is 0.545 e. The molecule has 0 aliphatic carbocycles. The van der Waals surface area contributed by atoms with Gasteiger partial charge in [0.05, 0.1) is 32.1 Å². The summed E-state index contributed by atoms with van der Waals surface area (Å²) in [4.78, 5) is 9.49. The van der Waals surface area contributed by atoms with Gasteiger partial charge < -0.3 is 14.4 Å². The number of carboxylic acid groups (broad SMARTS) is 1. The Balaban J connectivity index is 0. The number of hydrogen-bond acceptors (Lipinski definition) is 2. The first-order valence-electron chi connectivity index (χ1n) is 9.61. The van der Waals surface area contributed by atoms with Crippen LogP contribution >= 0.6 is 0 Å². The molecule has 0 aromatic carbocycles. The molecule has 3 nitrogen and oxygen atoms in total. The van der Waals surface area contributed by atoms with Crippen molar-refractivity contribution in [3.63, 3.8) is 0 Å². The van der Waals surface area contributed by atoms with E-state index in [2.05, 4.69) is 34.3 Å².